The standard InChI is InChI=1S/C23H26N4O2S/c1-5-24-18-13-11-17(12-14-18)23-26(21(28)16(3)30-23)20-15(2)25(4)27(22(20)29)19-9-7-6-8-10-19/h6-14,16,23-24H,5H2,1-4H3. The van der Waals surface area contributed by atoms with Crippen molar-refractivity contribution in [3.05, 3.63) is 76.2 Å². The number of thioether (sulfide) groups is 1. The van der Waals surface area contributed by atoms with E-state index < -0.39 is 0 Å². The summed E-state index contributed by atoms with van der Waals surface area (Å²) < 4.78 is 3.44. The minimum absolute atomic E-state index is 0.0354. The molecule has 1 aromatic heterocycles. The first kappa shape index (κ1) is 20.3. The van der Waals surface area contributed by atoms with E-state index in [0.717, 1.165) is 29.2 Å². The minimum atomic E-state index is -0.235. The highest BCUT2D eigenvalue weighted by molar-refractivity contribution is 8.01. The highest BCUT2D eigenvalue weighted by Gasteiger charge is 2.42. The molecule has 2 heterocycles. The third kappa shape index (κ3) is 3.33. The van der Waals surface area contributed by atoms with E-state index in [-0.39, 0.29) is 22.1 Å². The fraction of sp³-hybridized carbons (Fsp3) is 0.304. The van der Waals surface area contributed by atoms with Gasteiger partial charge in [-0.3, -0.25) is 19.2 Å². The summed E-state index contributed by atoms with van der Waals surface area (Å²) in [5.41, 5.74) is 3.85. The van der Waals surface area contributed by atoms with Crippen LogP contribution in [0.5, 0.6) is 0 Å². The molecule has 1 fully saturated rings. The molecule has 2 unspecified atom stereocenters. The third-order valence-electron chi connectivity index (χ3n) is 5.49. The normalized spacial score (nSPS) is 18.8. The number of amides is 1. The summed E-state index contributed by atoms with van der Waals surface area (Å²) >= 11 is 1.58. The molecule has 0 spiro atoms. The molecule has 7 heteroatoms. The number of rotatable bonds is 5. The molecule has 0 radical (unpaired) electrons. The van der Waals surface area contributed by atoms with Crippen molar-refractivity contribution in [3.8, 4) is 5.69 Å². The molecule has 1 aliphatic rings. The lowest BCUT2D eigenvalue weighted by molar-refractivity contribution is -0.117. The van der Waals surface area contributed by atoms with Crippen LogP contribution in [0.4, 0.5) is 11.4 Å². The lowest BCUT2D eigenvalue weighted by Gasteiger charge is -2.23. The Hall–Kier alpha value is -2.93. The largest absolute Gasteiger partial charge is 0.385 e. The molecule has 3 aromatic rings. The number of benzene rings is 2. The second-order valence-electron chi connectivity index (χ2n) is 7.40. The van der Waals surface area contributed by atoms with Gasteiger partial charge in [-0.1, -0.05) is 30.3 Å². The van der Waals surface area contributed by atoms with Crippen molar-refractivity contribution < 1.29 is 4.79 Å². The summed E-state index contributed by atoms with van der Waals surface area (Å²) in [5, 5.41) is 2.84. The number of hydrogen-bond donors (Lipinski definition) is 1. The van der Waals surface area contributed by atoms with Crippen LogP contribution in [0.2, 0.25) is 0 Å². The van der Waals surface area contributed by atoms with Crippen LogP contribution in [0.15, 0.2) is 59.4 Å². The quantitative estimate of drug-likeness (QED) is 0.673. The fourth-order valence-corrected chi connectivity index (χ4v) is 5.14. The van der Waals surface area contributed by atoms with E-state index >= 15 is 0 Å². The third-order valence-corrected chi connectivity index (χ3v) is 6.84. The van der Waals surface area contributed by atoms with Gasteiger partial charge in [0.1, 0.15) is 11.1 Å². The predicted molar refractivity (Wildman–Crippen MR) is 124 cm³/mol. The van der Waals surface area contributed by atoms with E-state index in [1.165, 1.54) is 0 Å². The van der Waals surface area contributed by atoms with E-state index in [0.29, 0.717) is 5.69 Å². The van der Waals surface area contributed by atoms with E-state index in [1.54, 1.807) is 21.3 Å². The zero-order chi connectivity index (χ0) is 21.4. The first-order valence-electron chi connectivity index (χ1n) is 10.1. The van der Waals surface area contributed by atoms with E-state index in [2.05, 4.69) is 12.2 Å². The molecule has 156 valence electrons. The summed E-state index contributed by atoms with van der Waals surface area (Å²) in [6.07, 6.45) is 0. The van der Waals surface area contributed by atoms with E-state index in [9.17, 15) is 9.59 Å². The first-order valence-corrected chi connectivity index (χ1v) is 11.0. The van der Waals surface area contributed by atoms with Crippen molar-refractivity contribution in [2.45, 2.75) is 31.4 Å². The fourth-order valence-electron chi connectivity index (χ4n) is 3.88. The first-order chi connectivity index (χ1) is 14.4. The summed E-state index contributed by atoms with van der Waals surface area (Å²) in [7, 11) is 1.85. The molecule has 1 N–H and O–H groups in total. The van der Waals surface area contributed by atoms with Gasteiger partial charge in [-0.25, -0.2) is 4.68 Å². The molecule has 0 aliphatic carbocycles. The topological polar surface area (TPSA) is 59.3 Å². The number of anilines is 2. The van der Waals surface area contributed by atoms with Crippen molar-refractivity contribution in [1.29, 1.82) is 0 Å². The monoisotopic (exact) mass is 422 g/mol. The Morgan fingerprint density at radius 3 is 2.33 bits per heavy atom. The number of nitrogens with one attached hydrogen (secondary N) is 1. The zero-order valence-corrected chi connectivity index (χ0v) is 18.4. The second-order valence-corrected chi connectivity index (χ2v) is 8.83. The number of carbonyl (C=O) groups is 1. The van der Waals surface area contributed by atoms with Crippen LogP contribution < -0.4 is 15.8 Å². The Balaban J connectivity index is 1.81. The van der Waals surface area contributed by atoms with Crippen LogP contribution in [0.1, 0.15) is 30.5 Å². The van der Waals surface area contributed by atoms with Crippen LogP contribution in [-0.2, 0) is 11.8 Å². The molecule has 1 saturated heterocycles. The van der Waals surface area contributed by atoms with Gasteiger partial charge >= 0.3 is 0 Å². The maximum Gasteiger partial charge on any atom is 0.295 e. The zero-order valence-electron chi connectivity index (χ0n) is 17.6. The van der Waals surface area contributed by atoms with Gasteiger partial charge in [-0.05, 0) is 50.6 Å². The Morgan fingerprint density at radius 1 is 1.03 bits per heavy atom. The number of hydrogen-bond acceptors (Lipinski definition) is 4. The number of carbonyl (C=O) groups excluding carboxylic acids is 1. The van der Waals surface area contributed by atoms with Crippen molar-refractivity contribution >= 4 is 29.0 Å². The SMILES string of the molecule is CCNc1ccc(C2SC(C)C(=O)N2c2c(C)n(C)n(-c3ccccc3)c2=O)cc1. The number of aromatic nitrogens is 2. The van der Waals surface area contributed by atoms with E-state index in [1.807, 2.05) is 80.2 Å². The van der Waals surface area contributed by atoms with Crippen LogP contribution in [0.3, 0.4) is 0 Å². The van der Waals surface area contributed by atoms with Gasteiger partial charge in [-0.15, -0.1) is 11.8 Å². The molecule has 0 saturated carbocycles. The summed E-state index contributed by atoms with van der Waals surface area (Å²) in [6.45, 7) is 6.70. The second kappa shape index (κ2) is 8.07. The van der Waals surface area contributed by atoms with Gasteiger partial charge in [0.05, 0.1) is 16.6 Å². The van der Waals surface area contributed by atoms with Crippen molar-refractivity contribution in [3.63, 3.8) is 0 Å². The van der Waals surface area contributed by atoms with Gasteiger partial charge in [0, 0.05) is 19.3 Å². The maximum absolute atomic E-state index is 13.5. The molecule has 1 amide bonds. The number of para-hydroxylation sites is 1. The molecule has 2 atom stereocenters. The highest BCUT2D eigenvalue weighted by atomic mass is 32.2. The average Bonchev–Trinajstić information content (AvgIpc) is 3.16. The number of nitrogens with zero attached hydrogens (tertiary/aromatic N) is 3. The van der Waals surface area contributed by atoms with Crippen molar-refractivity contribution in [1.82, 2.24) is 9.36 Å². The maximum atomic E-state index is 13.5. The molecule has 30 heavy (non-hydrogen) atoms. The lowest BCUT2D eigenvalue weighted by atomic mass is 10.1. The van der Waals surface area contributed by atoms with E-state index in [4.69, 9.17) is 0 Å². The summed E-state index contributed by atoms with van der Waals surface area (Å²) in [6, 6.07) is 17.6. The van der Waals surface area contributed by atoms with Crippen molar-refractivity contribution in [2.24, 2.45) is 7.05 Å². The summed E-state index contributed by atoms with van der Waals surface area (Å²) in [4.78, 5) is 28.3. The molecule has 4 rings (SSSR count). The molecule has 0 bridgehead atoms. The Bertz CT molecular complexity index is 1120. The Kier molecular flexibility index (Phi) is 5.47. The van der Waals surface area contributed by atoms with Crippen molar-refractivity contribution in [2.75, 3.05) is 16.8 Å². The highest BCUT2D eigenvalue weighted by Crippen LogP contribution is 2.45. The predicted octanol–water partition coefficient (Wildman–Crippen LogP) is 4.08. The molecular weight excluding hydrogens is 396 g/mol. The Morgan fingerprint density at radius 2 is 1.70 bits per heavy atom. The van der Waals surface area contributed by atoms with Crippen LogP contribution >= 0.6 is 11.8 Å². The average molecular weight is 423 g/mol. The smallest absolute Gasteiger partial charge is 0.295 e. The van der Waals surface area contributed by atoms with Gasteiger partial charge in [0.2, 0.25) is 5.91 Å². The van der Waals surface area contributed by atoms with Gasteiger partial charge < -0.3 is 5.32 Å². The Labute approximate surface area is 180 Å². The van der Waals surface area contributed by atoms with Crippen LogP contribution in [0.25, 0.3) is 5.69 Å². The van der Waals surface area contributed by atoms with Gasteiger partial charge in [-0.2, -0.15) is 0 Å². The molecule has 2 aromatic carbocycles. The van der Waals surface area contributed by atoms with Crippen LogP contribution in [-0.4, -0.2) is 27.1 Å². The molecular formula is C23H26N4O2S. The molecule has 6 nitrogen and oxygen atoms in total. The minimum Gasteiger partial charge on any atom is -0.385 e. The van der Waals surface area contributed by atoms with Crippen LogP contribution in [0, 0.1) is 6.92 Å². The van der Waals surface area contributed by atoms with Gasteiger partial charge in [0.25, 0.3) is 5.56 Å². The molecule has 1 aliphatic heterocycles. The summed E-state index contributed by atoms with van der Waals surface area (Å²) in [5.74, 6) is -0.0354. The van der Waals surface area contributed by atoms with Gasteiger partial charge in [0.15, 0.2) is 0 Å². The lowest BCUT2D eigenvalue weighted by Crippen LogP contribution is -2.34.